The van der Waals surface area contributed by atoms with Crippen molar-refractivity contribution in [3.05, 3.63) is 63.8 Å². The molecule has 7 heteroatoms. The summed E-state index contributed by atoms with van der Waals surface area (Å²) in [6.07, 6.45) is 1.57. The Morgan fingerprint density at radius 1 is 1.35 bits per heavy atom. The fourth-order valence-corrected chi connectivity index (χ4v) is 3.12. The third kappa shape index (κ3) is 4.77. The van der Waals surface area contributed by atoms with Crippen LogP contribution < -0.4 is 4.74 Å². The number of carbonyl (C=O) groups excluding carboxylic acids is 1. The molecule has 0 N–H and O–H groups in total. The van der Waals surface area contributed by atoms with Gasteiger partial charge in [0.15, 0.2) is 0 Å². The summed E-state index contributed by atoms with van der Waals surface area (Å²) in [5, 5.41) is 0. The number of benzene rings is 1. The predicted molar refractivity (Wildman–Crippen MR) is 87.3 cm³/mol. The van der Waals surface area contributed by atoms with E-state index in [9.17, 15) is 13.6 Å². The Hall–Kier alpha value is -1.92. The first kappa shape index (κ1) is 17.4. The van der Waals surface area contributed by atoms with E-state index in [2.05, 4.69) is 11.3 Å². The van der Waals surface area contributed by atoms with Crippen LogP contribution in [0.5, 0.6) is 5.75 Å². The largest absolute Gasteiger partial charge is 0.434 e. The van der Waals surface area contributed by atoms with Crippen molar-refractivity contribution in [2.75, 3.05) is 6.54 Å². The maximum absolute atomic E-state index is 12.7. The average molecular weight is 358 g/mol. The first-order valence-corrected chi connectivity index (χ1v) is 7.89. The van der Waals surface area contributed by atoms with E-state index < -0.39 is 12.5 Å². The molecule has 1 amide bonds. The summed E-state index contributed by atoms with van der Waals surface area (Å²) >= 11 is 7.25. The Balaban J connectivity index is 2.25. The van der Waals surface area contributed by atoms with E-state index in [1.165, 1.54) is 34.4 Å². The summed E-state index contributed by atoms with van der Waals surface area (Å²) in [4.78, 5) is 15.0. The number of amides is 1. The van der Waals surface area contributed by atoms with Gasteiger partial charge in [0.2, 0.25) is 0 Å². The van der Waals surface area contributed by atoms with Gasteiger partial charge >= 0.3 is 6.61 Å². The number of ether oxygens (including phenoxy) is 1. The molecule has 0 atom stereocenters. The van der Waals surface area contributed by atoms with Gasteiger partial charge in [0.05, 0.1) is 16.4 Å². The molecule has 0 spiro atoms. The quantitative estimate of drug-likeness (QED) is 0.664. The summed E-state index contributed by atoms with van der Waals surface area (Å²) in [6, 6.07) is 9.49. The zero-order valence-corrected chi connectivity index (χ0v) is 13.6. The van der Waals surface area contributed by atoms with E-state index in [-0.39, 0.29) is 17.9 Å². The van der Waals surface area contributed by atoms with Crippen LogP contribution in [0.4, 0.5) is 8.78 Å². The van der Waals surface area contributed by atoms with Crippen LogP contribution in [-0.4, -0.2) is 24.0 Å². The number of hydrogen-bond donors (Lipinski definition) is 0. The van der Waals surface area contributed by atoms with Crippen molar-refractivity contribution in [2.45, 2.75) is 13.2 Å². The van der Waals surface area contributed by atoms with Gasteiger partial charge in [-0.05, 0) is 24.3 Å². The Labute approximate surface area is 141 Å². The van der Waals surface area contributed by atoms with Gasteiger partial charge in [-0.15, -0.1) is 17.9 Å². The Morgan fingerprint density at radius 2 is 2.09 bits per heavy atom. The maximum atomic E-state index is 12.7. The number of alkyl halides is 2. The van der Waals surface area contributed by atoms with Gasteiger partial charge in [-0.3, -0.25) is 4.79 Å². The number of rotatable bonds is 7. The summed E-state index contributed by atoms with van der Waals surface area (Å²) < 4.78 is 30.0. The third-order valence-electron chi connectivity index (χ3n) is 2.95. The molecule has 0 radical (unpaired) electrons. The summed E-state index contributed by atoms with van der Waals surface area (Å²) in [6.45, 7) is 1.22. The van der Waals surface area contributed by atoms with Gasteiger partial charge in [0.25, 0.3) is 5.91 Å². The van der Waals surface area contributed by atoms with Crippen LogP contribution in [0.3, 0.4) is 0 Å². The molecule has 2 rings (SSSR count). The number of nitrogens with zero attached hydrogens (tertiary/aromatic N) is 1. The van der Waals surface area contributed by atoms with E-state index in [1.54, 1.807) is 18.2 Å². The molecule has 0 saturated carbocycles. The van der Waals surface area contributed by atoms with Crippen LogP contribution in [0.25, 0.3) is 0 Å². The van der Waals surface area contributed by atoms with Gasteiger partial charge in [0, 0.05) is 11.4 Å². The monoisotopic (exact) mass is 357 g/mol. The highest BCUT2D eigenvalue weighted by Crippen LogP contribution is 2.26. The van der Waals surface area contributed by atoms with Crippen molar-refractivity contribution in [1.82, 2.24) is 4.90 Å². The minimum atomic E-state index is -2.99. The first-order chi connectivity index (χ1) is 11.0. The van der Waals surface area contributed by atoms with Crippen LogP contribution in [-0.2, 0) is 6.54 Å². The molecule has 1 aromatic carbocycles. The SMILES string of the molecule is C=CCN(Cc1ccc(Cl)s1)C(=O)c1ccccc1OC(F)F. The Kier molecular flexibility index (Phi) is 6.12. The van der Waals surface area contributed by atoms with Crippen molar-refractivity contribution in [2.24, 2.45) is 0 Å². The van der Waals surface area contributed by atoms with E-state index >= 15 is 0 Å². The average Bonchev–Trinajstić information content (AvgIpc) is 2.91. The van der Waals surface area contributed by atoms with E-state index in [4.69, 9.17) is 11.6 Å². The molecular weight excluding hydrogens is 344 g/mol. The molecule has 0 aliphatic carbocycles. The molecule has 2 aromatic rings. The second kappa shape index (κ2) is 8.08. The summed E-state index contributed by atoms with van der Waals surface area (Å²) in [5.41, 5.74) is 0.0808. The summed E-state index contributed by atoms with van der Waals surface area (Å²) in [7, 11) is 0. The zero-order chi connectivity index (χ0) is 16.8. The molecule has 0 fully saturated rings. The molecule has 1 heterocycles. The van der Waals surface area contributed by atoms with Crippen LogP contribution in [0.2, 0.25) is 4.34 Å². The van der Waals surface area contributed by atoms with Gasteiger partial charge in [-0.25, -0.2) is 0 Å². The van der Waals surface area contributed by atoms with Crippen molar-refractivity contribution >= 4 is 28.8 Å². The van der Waals surface area contributed by atoms with E-state index in [0.717, 1.165) is 4.88 Å². The molecule has 23 heavy (non-hydrogen) atoms. The van der Waals surface area contributed by atoms with Crippen molar-refractivity contribution < 1.29 is 18.3 Å². The number of carbonyl (C=O) groups is 1. The second-order valence-corrected chi connectivity index (χ2v) is 6.35. The van der Waals surface area contributed by atoms with Crippen molar-refractivity contribution in [3.8, 4) is 5.75 Å². The number of hydrogen-bond acceptors (Lipinski definition) is 3. The van der Waals surface area contributed by atoms with Gasteiger partial charge in [-0.2, -0.15) is 8.78 Å². The fourth-order valence-electron chi connectivity index (χ4n) is 2.01. The van der Waals surface area contributed by atoms with Crippen LogP contribution >= 0.6 is 22.9 Å². The Morgan fingerprint density at radius 3 is 2.70 bits per heavy atom. The van der Waals surface area contributed by atoms with E-state index in [0.29, 0.717) is 10.9 Å². The molecule has 0 saturated heterocycles. The molecule has 0 unspecified atom stereocenters. The highest BCUT2D eigenvalue weighted by atomic mass is 35.5. The highest BCUT2D eigenvalue weighted by Gasteiger charge is 2.21. The highest BCUT2D eigenvalue weighted by molar-refractivity contribution is 7.16. The molecule has 0 bridgehead atoms. The smallest absolute Gasteiger partial charge is 0.387 e. The van der Waals surface area contributed by atoms with Crippen molar-refractivity contribution in [1.29, 1.82) is 0 Å². The Bertz CT molecular complexity index is 690. The lowest BCUT2D eigenvalue weighted by atomic mass is 10.1. The normalized spacial score (nSPS) is 10.6. The lowest BCUT2D eigenvalue weighted by Gasteiger charge is -2.21. The maximum Gasteiger partial charge on any atom is 0.387 e. The molecule has 122 valence electrons. The zero-order valence-electron chi connectivity index (χ0n) is 12.0. The molecular formula is C16H14ClF2NO2S. The molecule has 0 aliphatic rings. The lowest BCUT2D eigenvalue weighted by Crippen LogP contribution is -2.30. The standard InChI is InChI=1S/C16H14ClF2NO2S/c1-2-9-20(10-11-7-8-14(17)23-11)15(21)12-5-3-4-6-13(12)22-16(18)19/h2-8,16H,1,9-10H2. The third-order valence-corrected chi connectivity index (χ3v) is 4.16. The molecule has 0 aliphatic heterocycles. The first-order valence-electron chi connectivity index (χ1n) is 6.69. The lowest BCUT2D eigenvalue weighted by molar-refractivity contribution is -0.0502. The summed E-state index contributed by atoms with van der Waals surface area (Å²) in [5.74, 6) is -0.559. The van der Waals surface area contributed by atoms with Gasteiger partial charge in [-0.1, -0.05) is 29.8 Å². The number of halogens is 3. The second-order valence-electron chi connectivity index (χ2n) is 4.55. The molecule has 1 aromatic heterocycles. The topological polar surface area (TPSA) is 29.5 Å². The van der Waals surface area contributed by atoms with Crippen LogP contribution in [0, 0.1) is 0 Å². The fraction of sp³-hybridized carbons (Fsp3) is 0.188. The van der Waals surface area contributed by atoms with Gasteiger partial charge in [0.1, 0.15) is 5.75 Å². The molecule has 3 nitrogen and oxygen atoms in total. The number of para-hydroxylation sites is 1. The minimum absolute atomic E-state index is 0.0808. The predicted octanol–water partition coefficient (Wildman–Crippen LogP) is 4.83. The minimum Gasteiger partial charge on any atom is -0.434 e. The number of thiophene rings is 1. The van der Waals surface area contributed by atoms with Crippen molar-refractivity contribution in [3.63, 3.8) is 0 Å². The van der Waals surface area contributed by atoms with Crippen LogP contribution in [0.1, 0.15) is 15.2 Å². The van der Waals surface area contributed by atoms with Gasteiger partial charge < -0.3 is 9.64 Å². The van der Waals surface area contributed by atoms with E-state index in [1.807, 2.05) is 6.07 Å². The van der Waals surface area contributed by atoms with Crippen LogP contribution in [0.15, 0.2) is 49.1 Å².